The molecule has 0 bridgehead atoms. The van der Waals surface area contributed by atoms with E-state index in [1.807, 2.05) is 6.92 Å². The number of ether oxygens (including phenoxy) is 1. The SMILES string of the molecule is CCCOC(=O)CCC(O)c1ccc(Cl)c(Br)c1. The topological polar surface area (TPSA) is 46.5 Å². The maximum Gasteiger partial charge on any atom is 0.305 e. The predicted octanol–water partition coefficient (Wildman–Crippen LogP) is 3.87. The van der Waals surface area contributed by atoms with Crippen molar-refractivity contribution in [3.8, 4) is 0 Å². The minimum Gasteiger partial charge on any atom is -0.466 e. The zero-order chi connectivity index (χ0) is 13.5. The molecule has 0 saturated heterocycles. The number of hydrogen-bond acceptors (Lipinski definition) is 3. The number of halogens is 2. The van der Waals surface area contributed by atoms with Gasteiger partial charge in [-0.25, -0.2) is 0 Å². The molecule has 0 spiro atoms. The maximum absolute atomic E-state index is 11.3. The first-order valence-corrected chi connectivity index (χ1v) is 7.00. The first-order chi connectivity index (χ1) is 8.54. The highest BCUT2D eigenvalue weighted by molar-refractivity contribution is 9.10. The van der Waals surface area contributed by atoms with Crippen molar-refractivity contribution >= 4 is 33.5 Å². The van der Waals surface area contributed by atoms with Crippen LogP contribution in [0.3, 0.4) is 0 Å². The number of benzene rings is 1. The molecule has 0 amide bonds. The Morgan fingerprint density at radius 3 is 2.89 bits per heavy atom. The quantitative estimate of drug-likeness (QED) is 0.803. The van der Waals surface area contributed by atoms with Gasteiger partial charge in [0.15, 0.2) is 0 Å². The van der Waals surface area contributed by atoms with Crippen LogP contribution in [0.1, 0.15) is 37.9 Å². The summed E-state index contributed by atoms with van der Waals surface area (Å²) in [6, 6.07) is 5.21. The van der Waals surface area contributed by atoms with E-state index < -0.39 is 6.10 Å². The lowest BCUT2D eigenvalue weighted by Gasteiger charge is -2.11. The standard InChI is InChI=1S/C13H16BrClO3/c1-2-7-18-13(17)6-5-12(16)9-3-4-11(15)10(14)8-9/h3-4,8,12,16H,2,5-7H2,1H3. The molecule has 1 N–H and O–H groups in total. The summed E-state index contributed by atoms with van der Waals surface area (Å²) in [4.78, 5) is 11.3. The number of hydrogen-bond donors (Lipinski definition) is 1. The molecule has 0 aliphatic heterocycles. The third kappa shape index (κ3) is 4.96. The second-order valence-electron chi connectivity index (χ2n) is 3.95. The van der Waals surface area contributed by atoms with Gasteiger partial charge in [-0.3, -0.25) is 4.79 Å². The fraction of sp³-hybridized carbons (Fsp3) is 0.462. The van der Waals surface area contributed by atoms with E-state index in [0.717, 1.165) is 16.5 Å². The first-order valence-electron chi connectivity index (χ1n) is 5.83. The molecule has 5 heteroatoms. The van der Waals surface area contributed by atoms with E-state index in [9.17, 15) is 9.90 Å². The van der Waals surface area contributed by atoms with Gasteiger partial charge >= 0.3 is 5.97 Å². The van der Waals surface area contributed by atoms with Crippen molar-refractivity contribution in [3.63, 3.8) is 0 Å². The third-order valence-electron chi connectivity index (χ3n) is 2.42. The molecular weight excluding hydrogens is 319 g/mol. The van der Waals surface area contributed by atoms with Crippen molar-refractivity contribution in [2.75, 3.05) is 6.61 Å². The second kappa shape index (κ2) is 7.77. The molecule has 0 heterocycles. The molecule has 0 aromatic heterocycles. The highest BCUT2D eigenvalue weighted by Crippen LogP contribution is 2.27. The van der Waals surface area contributed by atoms with Crippen LogP contribution in [0, 0.1) is 0 Å². The number of carbonyl (C=O) groups is 1. The number of aliphatic hydroxyl groups is 1. The largest absolute Gasteiger partial charge is 0.466 e. The number of rotatable bonds is 6. The minimum atomic E-state index is -0.687. The van der Waals surface area contributed by atoms with Crippen molar-refractivity contribution in [2.24, 2.45) is 0 Å². The molecule has 0 saturated carbocycles. The lowest BCUT2D eigenvalue weighted by Crippen LogP contribution is -2.08. The lowest BCUT2D eigenvalue weighted by atomic mass is 10.1. The van der Waals surface area contributed by atoms with E-state index in [2.05, 4.69) is 15.9 Å². The zero-order valence-corrected chi connectivity index (χ0v) is 12.5. The van der Waals surface area contributed by atoms with Crippen LogP contribution < -0.4 is 0 Å². The van der Waals surface area contributed by atoms with Crippen LogP contribution in [0.15, 0.2) is 22.7 Å². The first kappa shape index (κ1) is 15.5. The third-order valence-corrected chi connectivity index (χ3v) is 3.63. The van der Waals surface area contributed by atoms with Crippen LogP contribution in [0.2, 0.25) is 5.02 Å². The van der Waals surface area contributed by atoms with Gasteiger partial charge in [-0.15, -0.1) is 0 Å². The molecule has 1 aromatic carbocycles. The molecule has 0 fully saturated rings. The van der Waals surface area contributed by atoms with E-state index >= 15 is 0 Å². The smallest absolute Gasteiger partial charge is 0.305 e. The normalized spacial score (nSPS) is 12.2. The van der Waals surface area contributed by atoms with Crippen LogP contribution in [-0.4, -0.2) is 17.7 Å². The Labute approximate surface area is 120 Å². The summed E-state index contributed by atoms with van der Waals surface area (Å²) in [7, 11) is 0. The van der Waals surface area contributed by atoms with Crippen LogP contribution in [0.25, 0.3) is 0 Å². The Bertz CT molecular complexity index is 409. The van der Waals surface area contributed by atoms with Gasteiger partial charge in [0, 0.05) is 10.9 Å². The molecule has 1 aromatic rings. The summed E-state index contributed by atoms with van der Waals surface area (Å²) >= 11 is 9.16. The van der Waals surface area contributed by atoms with Gasteiger partial charge in [0.05, 0.1) is 17.7 Å². The summed E-state index contributed by atoms with van der Waals surface area (Å²) < 4.78 is 5.67. The van der Waals surface area contributed by atoms with Crippen LogP contribution in [0.5, 0.6) is 0 Å². The molecule has 0 aliphatic carbocycles. The molecule has 0 radical (unpaired) electrons. The molecule has 100 valence electrons. The van der Waals surface area contributed by atoms with Gasteiger partial charge in [0.2, 0.25) is 0 Å². The average Bonchev–Trinajstić information content (AvgIpc) is 2.36. The fourth-order valence-corrected chi connectivity index (χ4v) is 1.94. The van der Waals surface area contributed by atoms with Crippen LogP contribution in [-0.2, 0) is 9.53 Å². The van der Waals surface area contributed by atoms with Gasteiger partial charge in [0.25, 0.3) is 0 Å². The molecule has 1 rings (SSSR count). The van der Waals surface area contributed by atoms with Crippen LogP contribution >= 0.6 is 27.5 Å². The van der Waals surface area contributed by atoms with E-state index in [4.69, 9.17) is 16.3 Å². The molecule has 0 aliphatic rings. The highest BCUT2D eigenvalue weighted by atomic mass is 79.9. The van der Waals surface area contributed by atoms with Gasteiger partial charge in [-0.2, -0.15) is 0 Å². The van der Waals surface area contributed by atoms with Crippen molar-refractivity contribution in [2.45, 2.75) is 32.3 Å². The summed E-state index contributed by atoms with van der Waals surface area (Å²) in [5, 5.41) is 10.5. The summed E-state index contributed by atoms with van der Waals surface area (Å²) in [5.41, 5.74) is 0.731. The monoisotopic (exact) mass is 334 g/mol. The number of aliphatic hydroxyl groups excluding tert-OH is 1. The van der Waals surface area contributed by atoms with Crippen molar-refractivity contribution in [1.82, 2.24) is 0 Å². The Morgan fingerprint density at radius 2 is 2.28 bits per heavy atom. The zero-order valence-electron chi connectivity index (χ0n) is 10.2. The molecular formula is C13H16BrClO3. The molecule has 18 heavy (non-hydrogen) atoms. The van der Waals surface area contributed by atoms with Crippen molar-refractivity contribution < 1.29 is 14.6 Å². The van der Waals surface area contributed by atoms with Gasteiger partial charge in [-0.05, 0) is 46.5 Å². The lowest BCUT2D eigenvalue weighted by molar-refractivity contribution is -0.144. The predicted molar refractivity (Wildman–Crippen MR) is 74.6 cm³/mol. The van der Waals surface area contributed by atoms with Crippen LogP contribution in [0.4, 0.5) is 0 Å². The Kier molecular flexibility index (Phi) is 6.68. The summed E-state index contributed by atoms with van der Waals surface area (Å²) in [6.45, 7) is 2.37. The maximum atomic E-state index is 11.3. The molecule has 1 unspecified atom stereocenters. The van der Waals surface area contributed by atoms with E-state index in [-0.39, 0.29) is 12.4 Å². The fourth-order valence-electron chi connectivity index (χ4n) is 1.43. The Hall–Kier alpha value is -0.580. The summed E-state index contributed by atoms with van der Waals surface area (Å²) in [6.07, 6.45) is 0.670. The molecule has 1 atom stereocenters. The van der Waals surface area contributed by atoms with Gasteiger partial charge in [-0.1, -0.05) is 24.6 Å². The second-order valence-corrected chi connectivity index (χ2v) is 5.21. The van der Waals surface area contributed by atoms with E-state index in [1.54, 1.807) is 18.2 Å². The van der Waals surface area contributed by atoms with Crippen molar-refractivity contribution in [1.29, 1.82) is 0 Å². The number of esters is 1. The average molecular weight is 336 g/mol. The summed E-state index contributed by atoms with van der Waals surface area (Å²) in [5.74, 6) is -0.274. The van der Waals surface area contributed by atoms with E-state index in [0.29, 0.717) is 18.1 Å². The highest BCUT2D eigenvalue weighted by Gasteiger charge is 2.12. The van der Waals surface area contributed by atoms with Gasteiger partial charge < -0.3 is 9.84 Å². The van der Waals surface area contributed by atoms with E-state index in [1.165, 1.54) is 0 Å². The minimum absolute atomic E-state index is 0.210. The van der Waals surface area contributed by atoms with Crippen molar-refractivity contribution in [3.05, 3.63) is 33.3 Å². The molecule has 3 nitrogen and oxygen atoms in total. The van der Waals surface area contributed by atoms with Gasteiger partial charge in [0.1, 0.15) is 0 Å². The Balaban J connectivity index is 2.47. The number of carbonyl (C=O) groups excluding carboxylic acids is 1. The Morgan fingerprint density at radius 1 is 1.56 bits per heavy atom.